The topological polar surface area (TPSA) is 131 Å². The summed E-state index contributed by atoms with van der Waals surface area (Å²) in [6.07, 6.45) is 0. The molecule has 0 bridgehead atoms. The van der Waals surface area contributed by atoms with Crippen molar-refractivity contribution in [2.24, 2.45) is 0 Å². The standard InChI is InChI=1S/C12H7N5O5/c18-15-10-6-9(16(19)20)7-11(17(21)22)12(10)13-14(15)8-4-2-1-3-5-8/h1-7H. The maximum Gasteiger partial charge on any atom is 0.334 e. The molecule has 1 heterocycles. The van der Waals surface area contributed by atoms with Gasteiger partial charge in [0, 0.05) is 0 Å². The van der Waals surface area contributed by atoms with Gasteiger partial charge in [-0.25, -0.2) is 0 Å². The molecular weight excluding hydrogens is 294 g/mol. The van der Waals surface area contributed by atoms with E-state index >= 15 is 0 Å². The second kappa shape index (κ2) is 4.77. The van der Waals surface area contributed by atoms with Crippen molar-refractivity contribution >= 4 is 22.4 Å². The predicted octanol–water partition coefficient (Wildman–Crippen LogP) is 1.48. The van der Waals surface area contributed by atoms with Crippen LogP contribution < -0.4 is 4.85 Å². The third-order valence-electron chi connectivity index (χ3n) is 3.02. The number of non-ortho nitro benzene ring substituents is 2. The Hall–Kier alpha value is -3.56. The van der Waals surface area contributed by atoms with Gasteiger partial charge in [0.15, 0.2) is 0 Å². The molecule has 3 rings (SSSR count). The molecule has 0 amide bonds. The number of para-hydroxylation sites is 1. The highest BCUT2D eigenvalue weighted by Gasteiger charge is 2.30. The highest BCUT2D eigenvalue weighted by molar-refractivity contribution is 5.84. The highest BCUT2D eigenvalue weighted by Crippen LogP contribution is 2.28. The fourth-order valence-corrected chi connectivity index (χ4v) is 2.04. The van der Waals surface area contributed by atoms with Crippen molar-refractivity contribution in [3.8, 4) is 5.69 Å². The zero-order chi connectivity index (χ0) is 15.9. The number of benzene rings is 2. The molecule has 1 aromatic heterocycles. The smallest absolute Gasteiger partial charge is 0.334 e. The van der Waals surface area contributed by atoms with Gasteiger partial charge in [0.2, 0.25) is 5.52 Å². The van der Waals surface area contributed by atoms with Crippen molar-refractivity contribution in [1.82, 2.24) is 9.90 Å². The van der Waals surface area contributed by atoms with Crippen molar-refractivity contribution in [2.45, 2.75) is 0 Å². The summed E-state index contributed by atoms with van der Waals surface area (Å²) < 4.78 is 0. The van der Waals surface area contributed by atoms with Gasteiger partial charge in [-0.2, -0.15) is 0 Å². The van der Waals surface area contributed by atoms with Gasteiger partial charge < -0.3 is 5.21 Å². The summed E-state index contributed by atoms with van der Waals surface area (Å²) in [7, 11) is 0. The summed E-state index contributed by atoms with van der Waals surface area (Å²) in [4.78, 5) is 21.5. The molecule has 22 heavy (non-hydrogen) atoms. The van der Waals surface area contributed by atoms with Crippen LogP contribution in [-0.2, 0) is 0 Å². The third kappa shape index (κ3) is 1.98. The van der Waals surface area contributed by atoms with Crippen LogP contribution >= 0.6 is 0 Å². The first-order valence-electron chi connectivity index (χ1n) is 6.00. The number of fused-ring (bicyclic) bond motifs is 1. The first-order valence-corrected chi connectivity index (χ1v) is 6.00. The maximum absolute atomic E-state index is 12.3. The lowest BCUT2D eigenvalue weighted by Crippen LogP contribution is -2.37. The molecule has 0 spiro atoms. The van der Waals surface area contributed by atoms with Crippen LogP contribution in [0, 0.1) is 25.4 Å². The van der Waals surface area contributed by atoms with Gasteiger partial charge in [0.1, 0.15) is 5.69 Å². The van der Waals surface area contributed by atoms with E-state index in [1.807, 2.05) is 0 Å². The van der Waals surface area contributed by atoms with Gasteiger partial charge in [-0.3, -0.25) is 20.2 Å². The first kappa shape index (κ1) is 13.4. The number of hydrogen-bond acceptors (Lipinski definition) is 6. The molecule has 0 radical (unpaired) electrons. The molecule has 0 saturated heterocycles. The van der Waals surface area contributed by atoms with E-state index in [1.54, 1.807) is 30.3 Å². The van der Waals surface area contributed by atoms with E-state index in [4.69, 9.17) is 0 Å². The Bertz CT molecular complexity index is 905. The first-order chi connectivity index (χ1) is 10.5. The Morgan fingerprint density at radius 1 is 1.05 bits per heavy atom. The van der Waals surface area contributed by atoms with E-state index in [9.17, 15) is 25.4 Å². The lowest BCUT2D eigenvalue weighted by molar-refractivity contribution is -0.664. The molecule has 0 aliphatic heterocycles. The monoisotopic (exact) mass is 301 g/mol. The molecule has 10 heteroatoms. The van der Waals surface area contributed by atoms with Crippen LogP contribution in [0.4, 0.5) is 11.4 Å². The SMILES string of the molecule is O=[N+]([O-])c1cc([N+](=O)[O-])c2nn(-c3ccccc3)[n+]([O-])c2c1. The van der Waals surface area contributed by atoms with Gasteiger partial charge in [0.05, 0.1) is 27.1 Å². The molecule has 0 N–H and O–H groups in total. The Labute approximate surface area is 121 Å². The van der Waals surface area contributed by atoms with E-state index in [0.717, 1.165) is 16.9 Å². The van der Waals surface area contributed by atoms with Crippen molar-refractivity contribution in [1.29, 1.82) is 0 Å². The third-order valence-corrected chi connectivity index (χ3v) is 3.02. The van der Waals surface area contributed by atoms with Gasteiger partial charge in [-0.15, -0.1) is 4.85 Å². The Morgan fingerprint density at radius 3 is 2.32 bits per heavy atom. The van der Waals surface area contributed by atoms with Crippen molar-refractivity contribution in [3.05, 3.63) is 67.9 Å². The summed E-state index contributed by atoms with van der Waals surface area (Å²) >= 11 is 0. The van der Waals surface area contributed by atoms with Crippen LogP contribution in [0.15, 0.2) is 42.5 Å². The molecule has 0 saturated carbocycles. The lowest BCUT2D eigenvalue weighted by Gasteiger charge is -2.02. The molecule has 0 aliphatic rings. The number of nitro groups is 2. The summed E-state index contributed by atoms with van der Waals surface area (Å²) in [5, 5.41) is 38.1. The van der Waals surface area contributed by atoms with Gasteiger partial charge >= 0.3 is 11.2 Å². The Kier molecular flexibility index (Phi) is 2.91. The number of aromatic nitrogens is 3. The summed E-state index contributed by atoms with van der Waals surface area (Å²) in [6, 6.07) is 9.97. The van der Waals surface area contributed by atoms with Crippen LogP contribution in [0.25, 0.3) is 16.7 Å². The minimum Gasteiger partial charge on any atom is -0.692 e. The second-order valence-electron chi connectivity index (χ2n) is 4.34. The van der Waals surface area contributed by atoms with E-state index < -0.39 is 21.2 Å². The van der Waals surface area contributed by atoms with Crippen LogP contribution in [0.2, 0.25) is 0 Å². The molecular formula is C12H7N5O5. The highest BCUT2D eigenvalue weighted by atomic mass is 16.6. The Balaban J connectivity index is 2.36. The number of nitro benzene ring substituents is 2. The largest absolute Gasteiger partial charge is 0.692 e. The minimum absolute atomic E-state index is 0.213. The average molecular weight is 301 g/mol. The Morgan fingerprint density at radius 2 is 1.73 bits per heavy atom. The number of hydrogen-bond donors (Lipinski definition) is 0. The molecule has 110 valence electrons. The van der Waals surface area contributed by atoms with Crippen molar-refractivity contribution < 1.29 is 14.7 Å². The van der Waals surface area contributed by atoms with E-state index in [-0.39, 0.29) is 15.9 Å². The molecule has 0 atom stereocenters. The fraction of sp³-hybridized carbons (Fsp3) is 0. The molecule has 2 aromatic carbocycles. The fourth-order valence-electron chi connectivity index (χ4n) is 2.04. The van der Waals surface area contributed by atoms with Crippen LogP contribution in [0.5, 0.6) is 0 Å². The molecule has 0 unspecified atom stereocenters. The normalized spacial score (nSPS) is 10.7. The quantitative estimate of drug-likeness (QED) is 0.311. The average Bonchev–Trinajstić information content (AvgIpc) is 2.84. The van der Waals surface area contributed by atoms with Gasteiger partial charge in [-0.05, 0) is 16.9 Å². The van der Waals surface area contributed by atoms with Crippen molar-refractivity contribution in [2.75, 3.05) is 0 Å². The molecule has 0 aliphatic carbocycles. The van der Waals surface area contributed by atoms with Crippen molar-refractivity contribution in [3.63, 3.8) is 0 Å². The lowest BCUT2D eigenvalue weighted by atomic mass is 10.2. The van der Waals surface area contributed by atoms with E-state index in [1.165, 1.54) is 0 Å². The van der Waals surface area contributed by atoms with Crippen LogP contribution in [-0.4, -0.2) is 19.7 Å². The molecule has 3 aromatic rings. The summed E-state index contributed by atoms with van der Waals surface area (Å²) in [5.74, 6) is 0. The minimum atomic E-state index is -0.808. The molecule has 0 fully saturated rings. The maximum atomic E-state index is 12.3. The van der Waals surface area contributed by atoms with Crippen LogP contribution in [0.1, 0.15) is 0 Å². The van der Waals surface area contributed by atoms with Gasteiger partial charge in [-0.1, -0.05) is 18.2 Å². The summed E-state index contributed by atoms with van der Waals surface area (Å²) in [5.41, 5.74) is -1.22. The number of rotatable bonds is 3. The van der Waals surface area contributed by atoms with E-state index in [0.29, 0.717) is 5.69 Å². The number of nitrogens with zero attached hydrogens (tertiary/aromatic N) is 5. The molecule has 10 nitrogen and oxygen atoms in total. The zero-order valence-electron chi connectivity index (χ0n) is 10.8. The van der Waals surface area contributed by atoms with E-state index in [2.05, 4.69) is 5.10 Å². The van der Waals surface area contributed by atoms with Crippen LogP contribution in [0.3, 0.4) is 0 Å². The second-order valence-corrected chi connectivity index (χ2v) is 4.34. The summed E-state index contributed by atoms with van der Waals surface area (Å²) in [6.45, 7) is 0. The zero-order valence-corrected chi connectivity index (χ0v) is 10.8. The predicted molar refractivity (Wildman–Crippen MR) is 73.3 cm³/mol. The van der Waals surface area contributed by atoms with Gasteiger partial charge in [0.25, 0.3) is 5.69 Å².